The molecule has 0 bridgehead atoms. The lowest BCUT2D eigenvalue weighted by atomic mass is 10.1. The number of rotatable bonds is 7. The van der Waals surface area contributed by atoms with Crippen LogP contribution in [0.4, 0.5) is 0 Å². The zero-order valence-corrected chi connectivity index (χ0v) is 18.2. The van der Waals surface area contributed by atoms with Crippen molar-refractivity contribution in [2.24, 2.45) is 0 Å². The van der Waals surface area contributed by atoms with E-state index in [1.165, 1.54) is 27.8 Å². The fourth-order valence-electron chi connectivity index (χ4n) is 2.87. The molecule has 0 aliphatic carbocycles. The highest BCUT2D eigenvalue weighted by atomic mass is 32.2. The first-order valence-corrected chi connectivity index (χ1v) is 11.0. The predicted octanol–water partition coefficient (Wildman–Crippen LogP) is 3.79. The summed E-state index contributed by atoms with van der Waals surface area (Å²) in [6.07, 6.45) is 0.505. The lowest BCUT2D eigenvalue weighted by Gasteiger charge is -2.05. The molecular formula is C21H18N6O2S2. The van der Waals surface area contributed by atoms with Gasteiger partial charge in [-0.2, -0.15) is 5.26 Å². The Morgan fingerprint density at radius 1 is 1.23 bits per heavy atom. The minimum absolute atomic E-state index is 0.0775. The topological polar surface area (TPSA) is 123 Å². The molecule has 10 heteroatoms. The van der Waals surface area contributed by atoms with E-state index in [-0.39, 0.29) is 17.1 Å². The molecule has 2 aromatic carbocycles. The van der Waals surface area contributed by atoms with Gasteiger partial charge in [0.2, 0.25) is 5.16 Å². The Morgan fingerprint density at radius 2 is 2.00 bits per heavy atom. The molecular weight excluding hydrogens is 432 g/mol. The molecule has 2 aromatic heterocycles. The third kappa shape index (κ3) is 4.47. The number of fused-ring (bicyclic) bond motifs is 1. The maximum absolute atomic E-state index is 10.5. The number of para-hydroxylation sites is 1. The third-order valence-electron chi connectivity index (χ3n) is 4.50. The maximum atomic E-state index is 10.5. The van der Waals surface area contributed by atoms with Crippen LogP contribution in [0.5, 0.6) is 5.75 Å². The summed E-state index contributed by atoms with van der Waals surface area (Å²) >= 11 is 2.56. The second-order valence-corrected chi connectivity index (χ2v) is 8.48. The van der Waals surface area contributed by atoms with Crippen LogP contribution in [0.1, 0.15) is 16.4 Å². The molecule has 0 spiro atoms. The molecule has 0 aliphatic rings. The molecule has 0 saturated carbocycles. The number of aromatic nitrogens is 4. The van der Waals surface area contributed by atoms with Crippen molar-refractivity contribution in [3.8, 4) is 11.8 Å². The standard InChI is InChI=1S/C21H18N6O2S2/c1-29-14-8-6-13(7-9-14)10-19-25-26-21(27(19)23)30-12-17(28)15(11-22)20-24-16-4-2-3-5-18(16)31-20/h2-9,28H,10,12,23H2,1H3/b17-15-. The Bertz CT molecular complexity index is 1250. The molecule has 0 radical (unpaired) electrons. The number of thioether (sulfide) groups is 1. The summed E-state index contributed by atoms with van der Waals surface area (Å²) in [5.41, 5.74) is 1.96. The number of nitrogens with zero attached hydrogens (tertiary/aromatic N) is 5. The average molecular weight is 451 g/mol. The molecule has 0 saturated heterocycles. The largest absolute Gasteiger partial charge is 0.510 e. The van der Waals surface area contributed by atoms with Gasteiger partial charge < -0.3 is 15.7 Å². The molecule has 3 N–H and O–H groups in total. The second-order valence-electron chi connectivity index (χ2n) is 6.50. The lowest BCUT2D eigenvalue weighted by molar-refractivity contribution is 0.414. The summed E-state index contributed by atoms with van der Waals surface area (Å²) in [5, 5.41) is 29.3. The van der Waals surface area contributed by atoms with E-state index in [1.54, 1.807) is 7.11 Å². The van der Waals surface area contributed by atoms with Crippen molar-refractivity contribution in [1.82, 2.24) is 19.9 Å². The number of aliphatic hydroxyl groups excluding tert-OH is 1. The van der Waals surface area contributed by atoms with E-state index in [0.29, 0.717) is 22.4 Å². The van der Waals surface area contributed by atoms with E-state index < -0.39 is 0 Å². The normalized spacial score (nSPS) is 11.9. The van der Waals surface area contributed by atoms with Crippen LogP contribution in [0.25, 0.3) is 15.8 Å². The number of methoxy groups -OCH3 is 1. The predicted molar refractivity (Wildman–Crippen MR) is 121 cm³/mol. The Hall–Kier alpha value is -3.55. The zero-order valence-electron chi connectivity index (χ0n) is 16.5. The first-order chi connectivity index (χ1) is 15.1. The van der Waals surface area contributed by atoms with E-state index in [2.05, 4.69) is 21.3 Å². The lowest BCUT2D eigenvalue weighted by Crippen LogP contribution is -2.14. The molecule has 0 unspecified atom stereocenters. The number of hydrogen-bond donors (Lipinski definition) is 2. The summed E-state index contributed by atoms with van der Waals surface area (Å²) in [7, 11) is 1.62. The van der Waals surface area contributed by atoms with Crippen LogP contribution in [0.2, 0.25) is 0 Å². The van der Waals surface area contributed by atoms with E-state index in [0.717, 1.165) is 21.5 Å². The Balaban J connectivity index is 1.48. The van der Waals surface area contributed by atoms with Crippen molar-refractivity contribution in [2.75, 3.05) is 18.7 Å². The van der Waals surface area contributed by atoms with Gasteiger partial charge in [-0.05, 0) is 29.8 Å². The fraction of sp³-hybridized carbons (Fsp3) is 0.143. The van der Waals surface area contributed by atoms with E-state index >= 15 is 0 Å². The number of aliphatic hydroxyl groups is 1. The number of nitrogen functional groups attached to an aromatic ring is 1. The number of benzene rings is 2. The van der Waals surface area contributed by atoms with Crippen molar-refractivity contribution in [1.29, 1.82) is 5.26 Å². The molecule has 4 aromatic rings. The van der Waals surface area contributed by atoms with Crippen molar-refractivity contribution >= 4 is 38.9 Å². The van der Waals surface area contributed by atoms with Gasteiger partial charge in [-0.25, -0.2) is 9.66 Å². The van der Waals surface area contributed by atoms with Gasteiger partial charge in [0, 0.05) is 6.42 Å². The van der Waals surface area contributed by atoms with Gasteiger partial charge in [-0.3, -0.25) is 0 Å². The average Bonchev–Trinajstić information content (AvgIpc) is 3.37. The Labute approximate surface area is 186 Å². The summed E-state index contributed by atoms with van der Waals surface area (Å²) in [4.78, 5) is 4.44. The number of ether oxygens (including phenoxy) is 1. The molecule has 0 fully saturated rings. The number of allylic oxidation sites excluding steroid dienone is 1. The van der Waals surface area contributed by atoms with Crippen LogP contribution in [-0.2, 0) is 6.42 Å². The molecule has 8 nitrogen and oxygen atoms in total. The van der Waals surface area contributed by atoms with Crippen molar-refractivity contribution in [3.63, 3.8) is 0 Å². The van der Waals surface area contributed by atoms with Gasteiger partial charge in [0.15, 0.2) is 5.82 Å². The number of thiazole rings is 1. The Kier molecular flexibility index (Phi) is 6.06. The quantitative estimate of drug-likeness (QED) is 0.189. The van der Waals surface area contributed by atoms with Crippen LogP contribution in [0, 0.1) is 11.3 Å². The Morgan fingerprint density at radius 3 is 2.71 bits per heavy atom. The smallest absolute Gasteiger partial charge is 0.210 e. The molecule has 0 aliphatic heterocycles. The van der Waals surface area contributed by atoms with Gasteiger partial charge >= 0.3 is 0 Å². The summed E-state index contributed by atoms with van der Waals surface area (Å²) in [6, 6.07) is 17.3. The van der Waals surface area contributed by atoms with Crippen LogP contribution < -0.4 is 10.6 Å². The molecule has 156 valence electrons. The highest BCUT2D eigenvalue weighted by molar-refractivity contribution is 7.99. The summed E-state index contributed by atoms with van der Waals surface area (Å²) in [5.74, 6) is 7.54. The third-order valence-corrected chi connectivity index (χ3v) is 6.51. The van der Waals surface area contributed by atoms with Gasteiger partial charge in [-0.1, -0.05) is 36.0 Å². The van der Waals surface area contributed by atoms with Crippen molar-refractivity contribution in [3.05, 3.63) is 70.7 Å². The summed E-state index contributed by atoms with van der Waals surface area (Å²) in [6.45, 7) is 0. The van der Waals surface area contributed by atoms with Crippen LogP contribution in [0.15, 0.2) is 59.4 Å². The SMILES string of the molecule is COc1ccc(Cc2nnc(SC/C(O)=C(\C#N)c3nc4ccccc4s3)n2N)cc1. The summed E-state index contributed by atoms with van der Waals surface area (Å²) < 4.78 is 7.51. The van der Waals surface area contributed by atoms with E-state index in [4.69, 9.17) is 10.6 Å². The van der Waals surface area contributed by atoms with E-state index in [9.17, 15) is 10.4 Å². The second kappa shape index (κ2) is 9.07. The van der Waals surface area contributed by atoms with Crippen LogP contribution in [0.3, 0.4) is 0 Å². The van der Waals surface area contributed by atoms with Gasteiger partial charge in [0.05, 0.1) is 23.1 Å². The number of hydrogen-bond acceptors (Lipinski definition) is 9. The van der Waals surface area contributed by atoms with E-state index in [1.807, 2.05) is 48.5 Å². The van der Waals surface area contributed by atoms with Gasteiger partial charge in [-0.15, -0.1) is 21.5 Å². The van der Waals surface area contributed by atoms with Crippen LogP contribution in [-0.4, -0.2) is 37.8 Å². The molecule has 0 amide bonds. The van der Waals surface area contributed by atoms with Crippen LogP contribution >= 0.6 is 23.1 Å². The highest BCUT2D eigenvalue weighted by Gasteiger charge is 2.16. The van der Waals surface area contributed by atoms with Crippen molar-refractivity contribution in [2.45, 2.75) is 11.6 Å². The number of nitriles is 1. The molecule has 2 heterocycles. The molecule has 4 rings (SSSR count). The fourth-order valence-corrected chi connectivity index (χ4v) is 4.61. The zero-order chi connectivity index (χ0) is 21.8. The van der Waals surface area contributed by atoms with Gasteiger partial charge in [0.1, 0.15) is 28.2 Å². The maximum Gasteiger partial charge on any atom is 0.210 e. The minimum Gasteiger partial charge on any atom is -0.510 e. The molecule has 31 heavy (non-hydrogen) atoms. The monoisotopic (exact) mass is 450 g/mol. The number of nitrogens with two attached hydrogens (primary N) is 1. The first-order valence-electron chi connectivity index (χ1n) is 9.22. The van der Waals surface area contributed by atoms with Gasteiger partial charge in [0.25, 0.3) is 0 Å². The molecule has 0 atom stereocenters. The first kappa shape index (κ1) is 20.7. The van der Waals surface area contributed by atoms with Crippen molar-refractivity contribution < 1.29 is 9.84 Å². The minimum atomic E-state index is -0.0775. The highest BCUT2D eigenvalue weighted by Crippen LogP contribution is 2.29.